The lowest BCUT2D eigenvalue weighted by Gasteiger charge is -2.44. The molecule has 5 rings (SSSR count). The Kier molecular flexibility index (Phi) is 8.95. The maximum Gasteiger partial charge on any atom is 0.281 e. The summed E-state index contributed by atoms with van der Waals surface area (Å²) in [7, 11) is -2.57. The number of aromatic nitrogens is 1. The Labute approximate surface area is 257 Å². The molecular weight excluding hydrogens is 574 g/mol. The molecule has 8 nitrogen and oxygen atoms in total. The van der Waals surface area contributed by atoms with Gasteiger partial charge in [-0.05, 0) is 47.4 Å². The van der Waals surface area contributed by atoms with Gasteiger partial charge in [0.05, 0.1) is 23.1 Å². The minimum Gasteiger partial charge on any atom is -0.512 e. The summed E-state index contributed by atoms with van der Waals surface area (Å²) in [5.74, 6) is -0.204. The highest BCUT2D eigenvalue weighted by Gasteiger charge is 2.46. The van der Waals surface area contributed by atoms with Crippen molar-refractivity contribution in [3.8, 4) is 6.07 Å². The summed E-state index contributed by atoms with van der Waals surface area (Å²) in [4.78, 5) is 16.0. The van der Waals surface area contributed by atoms with Gasteiger partial charge in [-0.1, -0.05) is 79.7 Å². The third-order valence-electron chi connectivity index (χ3n) is 8.14. The molecule has 0 amide bonds. The van der Waals surface area contributed by atoms with E-state index in [2.05, 4.69) is 4.98 Å². The number of aliphatic hydroxyl groups excluding tert-OH is 1. The summed E-state index contributed by atoms with van der Waals surface area (Å²) in [6.45, 7) is 1.98. The highest BCUT2D eigenvalue weighted by Crippen LogP contribution is 2.49. The first-order valence-corrected chi connectivity index (χ1v) is 15.8. The van der Waals surface area contributed by atoms with Gasteiger partial charge in [0, 0.05) is 37.6 Å². The van der Waals surface area contributed by atoms with Crippen molar-refractivity contribution in [3.05, 3.63) is 137 Å². The quantitative estimate of drug-likeness (QED) is 0.207. The van der Waals surface area contributed by atoms with Gasteiger partial charge >= 0.3 is 0 Å². The third-order valence-corrected chi connectivity index (χ3v) is 9.84. The predicted molar refractivity (Wildman–Crippen MR) is 168 cm³/mol. The molecule has 0 spiro atoms. The Morgan fingerprint density at radius 1 is 1.05 bits per heavy atom. The van der Waals surface area contributed by atoms with Crippen molar-refractivity contribution in [2.45, 2.75) is 48.8 Å². The maximum absolute atomic E-state index is 13.4. The average molecular weight is 608 g/mol. The molecule has 9 heteroatoms. The molecule has 0 radical (unpaired) electrons. The average Bonchev–Trinajstić information content (AvgIpc) is 3.06. The fraction of sp³-hybridized carbons (Fsp3) is 0.229. The van der Waals surface area contributed by atoms with E-state index in [1.807, 2.05) is 79.7 Å². The second-order valence-corrected chi connectivity index (χ2v) is 12.6. The normalized spacial score (nSPS) is 17.0. The third kappa shape index (κ3) is 5.74. The van der Waals surface area contributed by atoms with Crippen LogP contribution in [0.15, 0.2) is 120 Å². The van der Waals surface area contributed by atoms with Gasteiger partial charge < -0.3 is 14.6 Å². The van der Waals surface area contributed by atoms with E-state index >= 15 is 0 Å². The number of pyridine rings is 1. The molecule has 4 aromatic rings. The lowest BCUT2D eigenvalue weighted by molar-refractivity contribution is -0.116. The molecule has 2 atom stereocenters. The number of nitriles is 1. The first-order chi connectivity index (χ1) is 21.2. The Balaban J connectivity index is 1.56. The van der Waals surface area contributed by atoms with Gasteiger partial charge in [-0.25, -0.2) is 4.98 Å². The van der Waals surface area contributed by atoms with Crippen LogP contribution in [0.25, 0.3) is 0 Å². The van der Waals surface area contributed by atoms with Crippen LogP contribution in [-0.4, -0.2) is 37.9 Å². The molecule has 2 heterocycles. The molecular formula is C35H33N3O5S. The van der Waals surface area contributed by atoms with Crippen LogP contribution in [0.3, 0.4) is 0 Å². The highest BCUT2D eigenvalue weighted by atomic mass is 32.2. The minimum atomic E-state index is -4.02. The van der Waals surface area contributed by atoms with E-state index in [9.17, 15) is 18.3 Å². The van der Waals surface area contributed by atoms with E-state index < -0.39 is 21.7 Å². The molecule has 2 unspecified atom stereocenters. The number of ether oxygens (including phenoxy) is 1. The number of nitrogens with zero attached hydrogens (tertiary/aromatic N) is 3. The first-order valence-electron chi connectivity index (χ1n) is 14.3. The molecule has 0 bridgehead atoms. The Morgan fingerprint density at radius 3 is 2.25 bits per heavy atom. The lowest BCUT2D eigenvalue weighted by Crippen LogP contribution is -2.42. The van der Waals surface area contributed by atoms with Gasteiger partial charge in [-0.15, -0.1) is 0 Å². The summed E-state index contributed by atoms with van der Waals surface area (Å²) >= 11 is 0. The monoisotopic (exact) mass is 607 g/mol. The molecule has 1 aromatic heterocycles. The Hall–Kier alpha value is -4.78. The smallest absolute Gasteiger partial charge is 0.281 e. The fourth-order valence-corrected chi connectivity index (χ4v) is 7.03. The zero-order valence-electron chi connectivity index (χ0n) is 24.5. The van der Waals surface area contributed by atoms with Crippen molar-refractivity contribution >= 4 is 22.0 Å². The lowest BCUT2D eigenvalue weighted by atomic mass is 9.75. The molecule has 0 saturated carbocycles. The van der Waals surface area contributed by atoms with Crippen LogP contribution >= 0.6 is 0 Å². The highest BCUT2D eigenvalue weighted by molar-refractivity contribution is 7.92. The van der Waals surface area contributed by atoms with Gasteiger partial charge in [-0.2, -0.15) is 13.7 Å². The second-order valence-electron chi connectivity index (χ2n) is 10.7. The molecule has 1 aliphatic heterocycles. The first kappa shape index (κ1) is 30.7. The van der Waals surface area contributed by atoms with E-state index in [1.54, 1.807) is 18.2 Å². The largest absolute Gasteiger partial charge is 0.512 e. The second kappa shape index (κ2) is 12.8. The van der Waals surface area contributed by atoms with Crippen LogP contribution in [0.2, 0.25) is 0 Å². The van der Waals surface area contributed by atoms with Crippen LogP contribution < -0.4 is 4.31 Å². The molecule has 0 aliphatic carbocycles. The van der Waals surface area contributed by atoms with Crippen LogP contribution in [0.1, 0.15) is 54.4 Å². The van der Waals surface area contributed by atoms with E-state index in [4.69, 9.17) is 10.00 Å². The summed E-state index contributed by atoms with van der Waals surface area (Å²) in [5.41, 5.74) is 2.77. The van der Waals surface area contributed by atoms with Crippen molar-refractivity contribution in [3.63, 3.8) is 0 Å². The number of aliphatic hydroxyl groups is 1. The predicted octanol–water partition coefficient (Wildman–Crippen LogP) is 6.41. The van der Waals surface area contributed by atoms with Crippen molar-refractivity contribution in [2.24, 2.45) is 0 Å². The van der Waals surface area contributed by atoms with Crippen molar-refractivity contribution in [1.29, 1.82) is 5.26 Å². The number of rotatable bonds is 10. The number of hydrogen-bond donors (Lipinski definition) is 1. The van der Waals surface area contributed by atoms with E-state index in [0.29, 0.717) is 17.7 Å². The van der Waals surface area contributed by atoms with Crippen LogP contribution in [0.4, 0.5) is 5.69 Å². The summed E-state index contributed by atoms with van der Waals surface area (Å²) in [5, 5.41) is 20.7. The molecule has 44 heavy (non-hydrogen) atoms. The van der Waals surface area contributed by atoms with Gasteiger partial charge in [0.15, 0.2) is 5.03 Å². The Morgan fingerprint density at radius 2 is 1.70 bits per heavy atom. The molecule has 1 aliphatic rings. The zero-order chi connectivity index (χ0) is 31.3. The molecule has 0 saturated heterocycles. The van der Waals surface area contributed by atoms with Gasteiger partial charge in [-0.3, -0.25) is 4.31 Å². The number of sulfonamides is 1. The summed E-state index contributed by atoms with van der Waals surface area (Å²) < 4.78 is 34.8. The Bertz CT molecular complexity index is 1760. The van der Waals surface area contributed by atoms with Crippen molar-refractivity contribution in [1.82, 2.24) is 4.98 Å². The number of carbonyl (C=O) groups excluding carboxylic acids is 1. The minimum absolute atomic E-state index is 0.0373. The number of anilines is 1. The van der Waals surface area contributed by atoms with E-state index in [0.717, 1.165) is 27.3 Å². The van der Waals surface area contributed by atoms with Crippen LogP contribution in [0.5, 0.6) is 0 Å². The van der Waals surface area contributed by atoms with E-state index in [-0.39, 0.29) is 35.1 Å². The van der Waals surface area contributed by atoms with E-state index in [1.165, 1.54) is 25.4 Å². The zero-order valence-corrected chi connectivity index (χ0v) is 25.3. The molecule has 0 fully saturated rings. The topological polar surface area (TPSA) is 121 Å². The molecule has 224 valence electrons. The number of hydrogen-bond acceptors (Lipinski definition) is 7. The van der Waals surface area contributed by atoms with Gasteiger partial charge in [0.25, 0.3) is 10.0 Å². The standard InChI is InChI=1S/C35H33N3O5S/c1-3-30(26-11-10-16-29(21-26)38(2)44(41,42)33-18-17-25(23-36)24-37-33)34-31(40)22-35(43-32(34)19-20-39,27-12-6-4-7-13-27)28-14-8-5-9-15-28/h4-18,20-21,24,30,32,40H,3,19,22H2,1-2H3. The number of aldehydes is 1. The molecule has 3 aromatic carbocycles. The van der Waals surface area contributed by atoms with Gasteiger partial charge in [0.2, 0.25) is 0 Å². The SMILES string of the molecule is CCC(C1=C(O)CC(c2ccccc2)(c2ccccc2)OC1CC=O)c1cccc(N(C)S(=O)(=O)c2ccc(C#N)cn2)c1. The van der Waals surface area contributed by atoms with Gasteiger partial charge in [0.1, 0.15) is 18.0 Å². The number of carbonyl (C=O) groups is 1. The van der Waals surface area contributed by atoms with Crippen LogP contribution in [0, 0.1) is 11.3 Å². The van der Waals surface area contributed by atoms with Crippen LogP contribution in [-0.2, 0) is 25.2 Å². The summed E-state index contributed by atoms with van der Waals surface area (Å²) in [6.07, 6.45) is 2.08. The molecule has 1 N–H and O–H groups in total. The van der Waals surface area contributed by atoms with Crippen molar-refractivity contribution < 1.29 is 23.1 Å². The fourth-order valence-electron chi connectivity index (χ4n) is 5.93. The van der Waals surface area contributed by atoms with Crippen molar-refractivity contribution in [2.75, 3.05) is 11.4 Å². The summed E-state index contributed by atoms with van der Waals surface area (Å²) in [6, 6.07) is 31.1. The number of benzene rings is 3. The maximum atomic E-state index is 13.4.